The first-order chi connectivity index (χ1) is 8.94. The van der Waals surface area contributed by atoms with Gasteiger partial charge in [-0.3, -0.25) is 0 Å². The van der Waals surface area contributed by atoms with Crippen molar-refractivity contribution >= 4 is 15.7 Å². The molecule has 1 unspecified atom stereocenters. The van der Waals surface area contributed by atoms with Gasteiger partial charge in [0.05, 0.1) is 23.8 Å². The van der Waals surface area contributed by atoms with Crippen LogP contribution in [0.3, 0.4) is 0 Å². The largest absolute Gasteiger partial charge is 0.495 e. The Bertz CT molecular complexity index is 555. The fourth-order valence-corrected chi connectivity index (χ4v) is 2.85. The molecule has 1 aromatic carbocycles. The van der Waals surface area contributed by atoms with Gasteiger partial charge in [-0.05, 0) is 30.9 Å². The lowest BCUT2D eigenvalue weighted by Gasteiger charge is -2.12. The Labute approximate surface area is 112 Å². The molecule has 1 aliphatic carbocycles. The zero-order valence-electron chi connectivity index (χ0n) is 10.7. The minimum atomic E-state index is -3.66. The second-order valence-corrected chi connectivity index (χ2v) is 6.43. The minimum Gasteiger partial charge on any atom is -0.495 e. The van der Waals surface area contributed by atoms with Gasteiger partial charge in [-0.1, -0.05) is 0 Å². The van der Waals surface area contributed by atoms with E-state index in [2.05, 4.69) is 4.72 Å². The van der Waals surface area contributed by atoms with E-state index in [-0.39, 0.29) is 17.4 Å². The number of aliphatic hydroxyl groups excluding tert-OH is 1. The van der Waals surface area contributed by atoms with Gasteiger partial charge in [-0.25, -0.2) is 13.1 Å². The summed E-state index contributed by atoms with van der Waals surface area (Å²) in [6.45, 7) is 0.0275. The molecule has 0 saturated heterocycles. The first kappa shape index (κ1) is 14.1. The quantitative estimate of drug-likeness (QED) is 0.654. The predicted octanol–water partition coefficient (Wildman–Crippen LogP) is 0.327. The molecule has 1 aliphatic rings. The van der Waals surface area contributed by atoms with E-state index in [1.54, 1.807) is 0 Å². The SMILES string of the molecule is COc1cc(S(=O)(=O)NCC(O)C2CC2)ccc1N. The molecule has 0 radical (unpaired) electrons. The molecular formula is C12H18N2O4S. The number of nitrogen functional groups attached to an aromatic ring is 1. The smallest absolute Gasteiger partial charge is 0.240 e. The molecule has 7 heteroatoms. The lowest BCUT2D eigenvalue weighted by Crippen LogP contribution is -2.33. The lowest BCUT2D eigenvalue weighted by molar-refractivity contribution is 0.155. The molecule has 0 amide bonds. The van der Waals surface area contributed by atoms with E-state index in [0.29, 0.717) is 11.4 Å². The number of hydrogen-bond donors (Lipinski definition) is 3. The van der Waals surface area contributed by atoms with Crippen molar-refractivity contribution in [3.8, 4) is 5.75 Å². The highest BCUT2D eigenvalue weighted by Gasteiger charge is 2.30. The monoisotopic (exact) mass is 286 g/mol. The molecule has 1 saturated carbocycles. The third-order valence-corrected chi connectivity index (χ3v) is 4.59. The van der Waals surface area contributed by atoms with E-state index in [1.165, 1.54) is 25.3 Å². The first-order valence-corrected chi connectivity index (χ1v) is 7.53. The number of sulfonamides is 1. The van der Waals surface area contributed by atoms with E-state index in [0.717, 1.165) is 12.8 Å². The van der Waals surface area contributed by atoms with Crippen molar-refractivity contribution in [3.63, 3.8) is 0 Å². The summed E-state index contributed by atoms with van der Waals surface area (Å²) in [5.41, 5.74) is 6.01. The van der Waals surface area contributed by atoms with Gasteiger partial charge in [0.1, 0.15) is 5.75 Å². The zero-order chi connectivity index (χ0) is 14.0. The summed E-state index contributed by atoms with van der Waals surface area (Å²) in [7, 11) is -2.23. The Morgan fingerprint density at radius 3 is 2.79 bits per heavy atom. The Balaban J connectivity index is 2.09. The van der Waals surface area contributed by atoms with Crippen LogP contribution in [-0.4, -0.2) is 33.3 Å². The number of aliphatic hydroxyl groups is 1. The molecule has 1 atom stereocenters. The molecule has 0 aromatic heterocycles. The van der Waals surface area contributed by atoms with Gasteiger partial charge in [0.2, 0.25) is 10.0 Å². The van der Waals surface area contributed by atoms with Crippen LogP contribution in [0.4, 0.5) is 5.69 Å². The van der Waals surface area contributed by atoms with Gasteiger partial charge < -0.3 is 15.6 Å². The van der Waals surface area contributed by atoms with Crippen molar-refractivity contribution in [2.24, 2.45) is 5.92 Å². The molecule has 106 valence electrons. The van der Waals surface area contributed by atoms with Crippen molar-refractivity contribution in [1.29, 1.82) is 0 Å². The summed E-state index contributed by atoms with van der Waals surface area (Å²) in [5.74, 6) is 0.536. The lowest BCUT2D eigenvalue weighted by atomic mass is 10.2. The van der Waals surface area contributed by atoms with Crippen molar-refractivity contribution in [2.45, 2.75) is 23.8 Å². The Kier molecular flexibility index (Phi) is 3.98. The molecule has 2 rings (SSSR count). The number of ether oxygens (including phenoxy) is 1. The van der Waals surface area contributed by atoms with E-state index in [9.17, 15) is 13.5 Å². The van der Waals surface area contributed by atoms with E-state index < -0.39 is 16.1 Å². The van der Waals surface area contributed by atoms with Crippen LogP contribution in [0.1, 0.15) is 12.8 Å². The highest BCUT2D eigenvalue weighted by atomic mass is 32.2. The van der Waals surface area contributed by atoms with Gasteiger partial charge in [0.25, 0.3) is 0 Å². The van der Waals surface area contributed by atoms with Crippen molar-refractivity contribution < 1.29 is 18.3 Å². The van der Waals surface area contributed by atoms with Crippen LogP contribution in [-0.2, 0) is 10.0 Å². The number of hydrogen-bond acceptors (Lipinski definition) is 5. The van der Waals surface area contributed by atoms with E-state index in [4.69, 9.17) is 10.5 Å². The number of nitrogens with one attached hydrogen (secondary N) is 1. The average molecular weight is 286 g/mol. The van der Waals surface area contributed by atoms with Crippen molar-refractivity contribution in [3.05, 3.63) is 18.2 Å². The van der Waals surface area contributed by atoms with Gasteiger partial charge in [0.15, 0.2) is 0 Å². The van der Waals surface area contributed by atoms with Gasteiger partial charge in [-0.15, -0.1) is 0 Å². The number of anilines is 1. The van der Waals surface area contributed by atoms with E-state index >= 15 is 0 Å². The van der Waals surface area contributed by atoms with Crippen LogP contribution >= 0.6 is 0 Å². The Hall–Kier alpha value is -1.31. The van der Waals surface area contributed by atoms with Crippen LogP contribution in [0.25, 0.3) is 0 Å². The third-order valence-electron chi connectivity index (χ3n) is 3.16. The standard InChI is InChI=1S/C12H18N2O4S/c1-18-12-6-9(4-5-10(12)13)19(16,17)14-7-11(15)8-2-3-8/h4-6,8,11,14-15H,2-3,7,13H2,1H3. The maximum Gasteiger partial charge on any atom is 0.240 e. The fourth-order valence-electron chi connectivity index (χ4n) is 1.78. The van der Waals surface area contributed by atoms with Crippen molar-refractivity contribution in [1.82, 2.24) is 4.72 Å². The molecule has 19 heavy (non-hydrogen) atoms. The molecular weight excluding hydrogens is 268 g/mol. The fraction of sp³-hybridized carbons (Fsp3) is 0.500. The summed E-state index contributed by atoms with van der Waals surface area (Å²) >= 11 is 0. The molecule has 0 aliphatic heterocycles. The molecule has 1 aromatic rings. The van der Waals surface area contributed by atoms with Gasteiger partial charge in [0, 0.05) is 12.6 Å². The summed E-state index contributed by atoms with van der Waals surface area (Å²) in [6.07, 6.45) is 1.29. The number of benzene rings is 1. The number of nitrogens with two attached hydrogens (primary N) is 1. The van der Waals surface area contributed by atoms with Crippen LogP contribution in [0, 0.1) is 5.92 Å². The second kappa shape index (κ2) is 5.36. The van der Waals surface area contributed by atoms with Gasteiger partial charge >= 0.3 is 0 Å². The summed E-state index contributed by atoms with van der Waals surface area (Å²) in [5, 5.41) is 9.67. The average Bonchev–Trinajstić information content (AvgIpc) is 3.20. The highest BCUT2D eigenvalue weighted by molar-refractivity contribution is 7.89. The topological polar surface area (TPSA) is 102 Å². The maximum atomic E-state index is 12.0. The van der Waals surface area contributed by atoms with Crippen molar-refractivity contribution in [2.75, 3.05) is 19.4 Å². The van der Waals surface area contributed by atoms with Crippen LogP contribution in [0.15, 0.2) is 23.1 Å². The van der Waals surface area contributed by atoms with Crippen LogP contribution in [0.2, 0.25) is 0 Å². The molecule has 1 fully saturated rings. The minimum absolute atomic E-state index is 0.0275. The molecule has 6 nitrogen and oxygen atoms in total. The Morgan fingerprint density at radius 2 is 2.21 bits per heavy atom. The normalized spacial score (nSPS) is 17.2. The second-order valence-electron chi connectivity index (χ2n) is 4.66. The zero-order valence-corrected chi connectivity index (χ0v) is 11.5. The van der Waals surface area contributed by atoms with E-state index in [1.807, 2.05) is 0 Å². The summed E-state index contributed by atoms with van der Waals surface area (Å²) in [6, 6.07) is 4.25. The maximum absolute atomic E-state index is 12.0. The molecule has 0 bridgehead atoms. The summed E-state index contributed by atoms with van der Waals surface area (Å²) < 4.78 is 31.5. The molecule has 0 spiro atoms. The highest BCUT2D eigenvalue weighted by Crippen LogP contribution is 2.32. The molecule has 4 N–H and O–H groups in total. The number of rotatable bonds is 6. The third kappa shape index (κ3) is 3.37. The van der Waals surface area contributed by atoms with Gasteiger partial charge in [-0.2, -0.15) is 0 Å². The summed E-state index contributed by atoms with van der Waals surface area (Å²) in [4.78, 5) is 0.0709. The Morgan fingerprint density at radius 1 is 1.53 bits per heavy atom. The predicted molar refractivity (Wildman–Crippen MR) is 71.3 cm³/mol. The first-order valence-electron chi connectivity index (χ1n) is 6.05. The number of methoxy groups -OCH3 is 1. The van der Waals surface area contributed by atoms with Crippen LogP contribution in [0.5, 0.6) is 5.75 Å². The molecule has 0 heterocycles. The van der Waals surface area contributed by atoms with Crippen LogP contribution < -0.4 is 15.2 Å².